The fourth-order valence-corrected chi connectivity index (χ4v) is 3.72. The van der Waals surface area contributed by atoms with Crippen LogP contribution in [-0.2, 0) is 0 Å². The van der Waals surface area contributed by atoms with Crippen molar-refractivity contribution in [2.45, 2.75) is 31.5 Å². The molecule has 24 heavy (non-hydrogen) atoms. The smallest absolute Gasteiger partial charge is 0.138 e. The summed E-state index contributed by atoms with van der Waals surface area (Å²) in [5.74, 6) is 2.78. The first-order valence-corrected chi connectivity index (χ1v) is 8.19. The van der Waals surface area contributed by atoms with E-state index in [9.17, 15) is 5.11 Å². The van der Waals surface area contributed by atoms with E-state index in [-0.39, 0.29) is 23.4 Å². The van der Waals surface area contributed by atoms with E-state index in [4.69, 9.17) is 14.2 Å². The van der Waals surface area contributed by atoms with Gasteiger partial charge in [-0.05, 0) is 38.1 Å². The fourth-order valence-electron chi connectivity index (χ4n) is 3.72. The van der Waals surface area contributed by atoms with Gasteiger partial charge in [-0.25, -0.2) is 0 Å². The second-order valence-electron chi connectivity index (χ2n) is 7.14. The van der Waals surface area contributed by atoms with Crippen molar-refractivity contribution in [1.82, 2.24) is 0 Å². The van der Waals surface area contributed by atoms with Crippen LogP contribution in [-0.4, -0.2) is 17.3 Å². The highest BCUT2D eigenvalue weighted by molar-refractivity contribution is 5.66. The van der Waals surface area contributed by atoms with E-state index < -0.39 is 0 Å². The Hall–Kier alpha value is -2.62. The lowest BCUT2D eigenvalue weighted by Crippen LogP contribution is -2.27. The van der Waals surface area contributed by atoms with E-state index in [1.165, 1.54) is 0 Å². The van der Waals surface area contributed by atoms with Crippen molar-refractivity contribution < 1.29 is 19.3 Å². The Morgan fingerprint density at radius 3 is 2.79 bits per heavy atom. The lowest BCUT2D eigenvalue weighted by Gasteiger charge is -2.28. The van der Waals surface area contributed by atoms with Crippen LogP contribution in [0.25, 0.3) is 6.08 Å². The predicted octanol–water partition coefficient (Wildman–Crippen LogP) is 4.19. The average molecular weight is 322 g/mol. The summed E-state index contributed by atoms with van der Waals surface area (Å²) in [6.45, 7) is 4.62. The third-order valence-electron chi connectivity index (χ3n) is 4.92. The van der Waals surface area contributed by atoms with Gasteiger partial charge >= 0.3 is 0 Å². The summed E-state index contributed by atoms with van der Waals surface area (Å²) in [5, 5.41) is 9.65. The molecule has 2 aromatic rings. The Morgan fingerprint density at radius 2 is 1.92 bits per heavy atom. The van der Waals surface area contributed by atoms with Crippen LogP contribution in [0, 0.1) is 0 Å². The van der Waals surface area contributed by atoms with Gasteiger partial charge < -0.3 is 19.3 Å². The predicted molar refractivity (Wildman–Crippen MR) is 89.9 cm³/mol. The maximum atomic E-state index is 9.65. The molecule has 1 N–H and O–H groups in total. The van der Waals surface area contributed by atoms with E-state index in [0.29, 0.717) is 12.4 Å². The molecule has 0 saturated heterocycles. The molecule has 0 aromatic heterocycles. The van der Waals surface area contributed by atoms with Crippen LogP contribution in [0.1, 0.15) is 42.6 Å². The average Bonchev–Trinajstić information content (AvgIpc) is 2.89. The summed E-state index contributed by atoms with van der Waals surface area (Å²) >= 11 is 0. The van der Waals surface area contributed by atoms with Crippen LogP contribution in [0.4, 0.5) is 0 Å². The van der Waals surface area contributed by atoms with E-state index in [2.05, 4.69) is 18.2 Å². The van der Waals surface area contributed by atoms with Gasteiger partial charge in [-0.15, -0.1) is 0 Å². The number of ether oxygens (including phenoxy) is 3. The molecule has 2 unspecified atom stereocenters. The summed E-state index contributed by atoms with van der Waals surface area (Å²) in [4.78, 5) is 0. The van der Waals surface area contributed by atoms with Gasteiger partial charge in [0.25, 0.3) is 0 Å². The van der Waals surface area contributed by atoms with Gasteiger partial charge in [0.2, 0.25) is 0 Å². The summed E-state index contributed by atoms with van der Waals surface area (Å²) in [7, 11) is 0. The first-order valence-electron chi connectivity index (χ1n) is 8.19. The summed E-state index contributed by atoms with van der Waals surface area (Å²) < 4.78 is 18.2. The SMILES string of the molecule is CC1(C)C=Cc2cc3c(cc2O1)OC1c2ccc(O)cc2OCC31. The van der Waals surface area contributed by atoms with Crippen molar-refractivity contribution in [2.24, 2.45) is 0 Å². The third kappa shape index (κ3) is 1.92. The molecule has 0 radical (unpaired) electrons. The molecule has 3 heterocycles. The Balaban J connectivity index is 1.58. The topological polar surface area (TPSA) is 47.9 Å². The number of rotatable bonds is 0. The molecule has 0 aliphatic carbocycles. The van der Waals surface area contributed by atoms with Gasteiger partial charge in [-0.1, -0.05) is 6.08 Å². The van der Waals surface area contributed by atoms with E-state index in [0.717, 1.165) is 28.2 Å². The Bertz CT molecular complexity index is 881. The molecule has 0 spiro atoms. The van der Waals surface area contributed by atoms with Crippen LogP contribution in [0.2, 0.25) is 0 Å². The largest absolute Gasteiger partial charge is 0.508 e. The number of phenols is 1. The molecule has 2 atom stereocenters. The molecule has 5 rings (SSSR count). The molecule has 0 saturated carbocycles. The zero-order chi connectivity index (χ0) is 16.5. The fraction of sp³-hybridized carbons (Fsp3) is 0.300. The highest BCUT2D eigenvalue weighted by Gasteiger charge is 2.41. The highest BCUT2D eigenvalue weighted by Crippen LogP contribution is 2.53. The quantitative estimate of drug-likeness (QED) is 0.790. The first kappa shape index (κ1) is 13.8. The summed E-state index contributed by atoms with van der Waals surface area (Å²) in [6, 6.07) is 9.35. The maximum Gasteiger partial charge on any atom is 0.138 e. The van der Waals surface area contributed by atoms with Gasteiger partial charge in [0.05, 0.1) is 12.5 Å². The molecule has 0 amide bonds. The Morgan fingerprint density at radius 1 is 1.04 bits per heavy atom. The van der Waals surface area contributed by atoms with Gasteiger partial charge in [0.15, 0.2) is 0 Å². The van der Waals surface area contributed by atoms with Gasteiger partial charge in [-0.3, -0.25) is 0 Å². The monoisotopic (exact) mass is 322 g/mol. The minimum absolute atomic E-state index is 0.0785. The molecule has 4 heteroatoms. The van der Waals surface area contributed by atoms with Gasteiger partial charge in [-0.2, -0.15) is 0 Å². The normalized spacial score (nSPS) is 24.6. The van der Waals surface area contributed by atoms with E-state index >= 15 is 0 Å². The maximum absolute atomic E-state index is 9.65. The number of hydrogen-bond donors (Lipinski definition) is 1. The van der Waals surface area contributed by atoms with Crippen LogP contribution in [0.15, 0.2) is 36.4 Å². The van der Waals surface area contributed by atoms with Crippen molar-refractivity contribution in [1.29, 1.82) is 0 Å². The standard InChI is InChI=1S/C20H18O4/c1-20(2)6-5-11-7-14-15-10-22-17-8-12(21)3-4-13(17)19(15)23-18(14)9-16(11)24-20/h3-9,15,19,21H,10H2,1-2H3. The number of aromatic hydroxyl groups is 1. The molecule has 3 aliphatic rings. The molecule has 4 nitrogen and oxygen atoms in total. The third-order valence-corrected chi connectivity index (χ3v) is 4.92. The minimum Gasteiger partial charge on any atom is -0.508 e. The second-order valence-corrected chi connectivity index (χ2v) is 7.14. The van der Waals surface area contributed by atoms with Crippen molar-refractivity contribution >= 4 is 6.08 Å². The number of fused-ring (bicyclic) bond motifs is 6. The van der Waals surface area contributed by atoms with E-state index in [1.807, 2.05) is 26.0 Å². The summed E-state index contributed by atoms with van der Waals surface area (Å²) in [6.07, 6.45) is 4.11. The van der Waals surface area contributed by atoms with Gasteiger partial charge in [0, 0.05) is 28.8 Å². The van der Waals surface area contributed by atoms with Gasteiger partial charge in [0.1, 0.15) is 34.7 Å². The Labute approximate surface area is 140 Å². The number of phenolic OH excluding ortho intramolecular Hbond substituents is 1. The lowest BCUT2D eigenvalue weighted by atomic mass is 9.88. The molecular formula is C20H18O4. The highest BCUT2D eigenvalue weighted by atomic mass is 16.5. The zero-order valence-corrected chi connectivity index (χ0v) is 13.6. The van der Waals surface area contributed by atoms with Crippen molar-refractivity contribution in [3.8, 4) is 23.0 Å². The molecule has 2 aromatic carbocycles. The zero-order valence-electron chi connectivity index (χ0n) is 13.6. The number of benzene rings is 2. The molecule has 122 valence electrons. The molecule has 3 aliphatic heterocycles. The van der Waals surface area contributed by atoms with Crippen LogP contribution in [0.3, 0.4) is 0 Å². The second kappa shape index (κ2) is 4.47. The Kier molecular flexibility index (Phi) is 2.57. The lowest BCUT2D eigenvalue weighted by molar-refractivity contribution is 0.138. The molecular weight excluding hydrogens is 304 g/mol. The molecule has 0 fully saturated rings. The number of hydrogen-bond acceptors (Lipinski definition) is 4. The molecule has 0 bridgehead atoms. The van der Waals surface area contributed by atoms with Crippen LogP contribution < -0.4 is 14.2 Å². The van der Waals surface area contributed by atoms with E-state index in [1.54, 1.807) is 12.1 Å². The van der Waals surface area contributed by atoms with Crippen molar-refractivity contribution in [3.63, 3.8) is 0 Å². The minimum atomic E-state index is -0.306. The van der Waals surface area contributed by atoms with Crippen LogP contribution >= 0.6 is 0 Å². The first-order chi connectivity index (χ1) is 11.5. The van der Waals surface area contributed by atoms with Crippen LogP contribution in [0.5, 0.6) is 23.0 Å². The van der Waals surface area contributed by atoms with Crippen molar-refractivity contribution in [2.75, 3.05) is 6.61 Å². The van der Waals surface area contributed by atoms with Crippen molar-refractivity contribution in [3.05, 3.63) is 53.1 Å². The summed E-state index contributed by atoms with van der Waals surface area (Å²) in [5.41, 5.74) is 2.91.